The molecule has 3 rings (SSSR count). The highest BCUT2D eigenvalue weighted by atomic mass is 35.5. The topological polar surface area (TPSA) is 47.6 Å². The minimum absolute atomic E-state index is 0.192. The molecule has 2 aromatic rings. The number of benzene rings is 2. The molecule has 0 saturated carbocycles. The van der Waals surface area contributed by atoms with Crippen molar-refractivity contribution in [2.24, 2.45) is 0 Å². The molecule has 6 heteroatoms. The van der Waals surface area contributed by atoms with Gasteiger partial charge in [-0.15, -0.1) is 11.6 Å². The Balaban J connectivity index is 1.71. The van der Waals surface area contributed by atoms with Gasteiger partial charge in [-0.2, -0.15) is 0 Å². The quantitative estimate of drug-likeness (QED) is 0.852. The van der Waals surface area contributed by atoms with E-state index in [0.717, 1.165) is 16.7 Å². The SMILES string of the molecule is O=C(NCc1cc(Cl)cc2c1OCOC2)C(Cl)c1ccccc1. The summed E-state index contributed by atoms with van der Waals surface area (Å²) in [6.45, 7) is 0.925. The molecule has 120 valence electrons. The van der Waals surface area contributed by atoms with E-state index in [4.69, 9.17) is 32.7 Å². The van der Waals surface area contributed by atoms with Gasteiger partial charge < -0.3 is 14.8 Å². The lowest BCUT2D eigenvalue weighted by atomic mass is 10.1. The van der Waals surface area contributed by atoms with Crippen LogP contribution in [0.4, 0.5) is 0 Å². The Morgan fingerprint density at radius 1 is 1.26 bits per heavy atom. The van der Waals surface area contributed by atoms with Crippen LogP contribution in [0, 0.1) is 0 Å². The Hall–Kier alpha value is -1.75. The van der Waals surface area contributed by atoms with Crippen LogP contribution in [0.15, 0.2) is 42.5 Å². The summed E-state index contributed by atoms with van der Waals surface area (Å²) >= 11 is 12.3. The van der Waals surface area contributed by atoms with E-state index in [1.54, 1.807) is 12.1 Å². The van der Waals surface area contributed by atoms with Crippen molar-refractivity contribution in [3.8, 4) is 5.75 Å². The number of carbonyl (C=O) groups is 1. The van der Waals surface area contributed by atoms with E-state index in [-0.39, 0.29) is 19.2 Å². The predicted octanol–water partition coefficient (Wildman–Crippen LogP) is 3.80. The Morgan fingerprint density at radius 2 is 2.04 bits per heavy atom. The van der Waals surface area contributed by atoms with Crippen molar-refractivity contribution >= 4 is 29.1 Å². The van der Waals surface area contributed by atoms with Crippen LogP contribution >= 0.6 is 23.2 Å². The lowest BCUT2D eigenvalue weighted by molar-refractivity contribution is -0.121. The summed E-state index contributed by atoms with van der Waals surface area (Å²) in [4.78, 5) is 12.2. The number of alkyl halides is 1. The molecular formula is C17H15Cl2NO3. The summed E-state index contributed by atoms with van der Waals surface area (Å²) in [7, 11) is 0. The fourth-order valence-electron chi connectivity index (χ4n) is 2.43. The van der Waals surface area contributed by atoms with Crippen LogP contribution in [-0.4, -0.2) is 12.7 Å². The van der Waals surface area contributed by atoms with Gasteiger partial charge in [0.2, 0.25) is 5.91 Å². The predicted molar refractivity (Wildman–Crippen MR) is 88.6 cm³/mol. The largest absolute Gasteiger partial charge is 0.467 e. The van der Waals surface area contributed by atoms with Crippen molar-refractivity contribution in [2.45, 2.75) is 18.5 Å². The maximum Gasteiger partial charge on any atom is 0.242 e. The summed E-state index contributed by atoms with van der Waals surface area (Å²) in [6, 6.07) is 12.8. The van der Waals surface area contributed by atoms with Gasteiger partial charge in [0.05, 0.1) is 6.61 Å². The number of nitrogens with one attached hydrogen (secondary N) is 1. The molecule has 0 saturated heterocycles. The zero-order valence-corrected chi connectivity index (χ0v) is 13.7. The lowest BCUT2D eigenvalue weighted by Gasteiger charge is -2.21. The molecule has 1 aliphatic heterocycles. The summed E-state index contributed by atoms with van der Waals surface area (Å²) in [5, 5.41) is 2.66. The van der Waals surface area contributed by atoms with Crippen molar-refractivity contribution in [1.29, 1.82) is 0 Å². The molecule has 1 heterocycles. The van der Waals surface area contributed by atoms with Gasteiger partial charge in [0, 0.05) is 22.7 Å². The van der Waals surface area contributed by atoms with Crippen molar-refractivity contribution < 1.29 is 14.3 Å². The molecule has 0 bridgehead atoms. The fraction of sp³-hybridized carbons (Fsp3) is 0.235. The van der Waals surface area contributed by atoms with Crippen molar-refractivity contribution in [3.05, 3.63) is 64.2 Å². The smallest absolute Gasteiger partial charge is 0.242 e. The zero-order valence-electron chi connectivity index (χ0n) is 12.2. The number of rotatable bonds is 4. The average Bonchev–Trinajstić information content (AvgIpc) is 2.59. The molecule has 2 aromatic carbocycles. The minimum Gasteiger partial charge on any atom is -0.467 e. The van der Waals surface area contributed by atoms with E-state index in [9.17, 15) is 4.79 Å². The third kappa shape index (κ3) is 3.78. The highest BCUT2D eigenvalue weighted by Gasteiger charge is 2.20. The highest BCUT2D eigenvalue weighted by molar-refractivity contribution is 6.31. The maximum absolute atomic E-state index is 12.2. The molecule has 0 aliphatic carbocycles. The van der Waals surface area contributed by atoms with E-state index < -0.39 is 5.38 Å². The molecule has 1 amide bonds. The van der Waals surface area contributed by atoms with E-state index in [1.807, 2.05) is 30.3 Å². The molecule has 4 nitrogen and oxygen atoms in total. The van der Waals surface area contributed by atoms with Crippen molar-refractivity contribution in [3.63, 3.8) is 0 Å². The summed E-state index contributed by atoms with van der Waals surface area (Å²) < 4.78 is 10.8. The van der Waals surface area contributed by atoms with Crippen LogP contribution < -0.4 is 10.1 Å². The summed E-state index contributed by atoms with van der Waals surface area (Å²) in [5.74, 6) is 0.449. The Morgan fingerprint density at radius 3 is 2.83 bits per heavy atom. The second-order valence-electron chi connectivity index (χ2n) is 5.15. The van der Waals surface area contributed by atoms with Gasteiger partial charge in [0.1, 0.15) is 11.1 Å². The summed E-state index contributed by atoms with van der Waals surface area (Å²) in [5.41, 5.74) is 2.43. The molecule has 1 aliphatic rings. The Labute approximate surface area is 144 Å². The first kappa shape index (κ1) is 16.1. The summed E-state index contributed by atoms with van der Waals surface area (Å²) in [6.07, 6.45) is 0. The Kier molecular flexibility index (Phi) is 5.06. The third-order valence-corrected chi connectivity index (χ3v) is 4.20. The van der Waals surface area contributed by atoms with Crippen molar-refractivity contribution in [2.75, 3.05) is 6.79 Å². The van der Waals surface area contributed by atoms with E-state index in [2.05, 4.69) is 5.32 Å². The van der Waals surface area contributed by atoms with Crippen LogP contribution in [0.5, 0.6) is 5.75 Å². The van der Waals surface area contributed by atoms with Crippen LogP contribution in [0.2, 0.25) is 5.02 Å². The number of amides is 1. The van der Waals surface area contributed by atoms with Crippen LogP contribution in [-0.2, 0) is 22.7 Å². The van der Waals surface area contributed by atoms with E-state index in [1.165, 1.54) is 0 Å². The Bertz CT molecular complexity index is 706. The average molecular weight is 352 g/mol. The minimum atomic E-state index is -0.740. The molecule has 0 radical (unpaired) electrons. The molecule has 0 aromatic heterocycles. The fourth-order valence-corrected chi connectivity index (χ4v) is 2.92. The first-order valence-corrected chi connectivity index (χ1v) is 7.95. The van der Waals surface area contributed by atoms with Gasteiger partial charge in [-0.1, -0.05) is 41.9 Å². The van der Waals surface area contributed by atoms with Crippen LogP contribution in [0.1, 0.15) is 22.1 Å². The number of fused-ring (bicyclic) bond motifs is 1. The van der Waals surface area contributed by atoms with Gasteiger partial charge >= 0.3 is 0 Å². The first-order valence-electron chi connectivity index (χ1n) is 7.13. The number of halogens is 2. The van der Waals surface area contributed by atoms with E-state index in [0.29, 0.717) is 17.4 Å². The molecular weight excluding hydrogens is 337 g/mol. The van der Waals surface area contributed by atoms with Crippen LogP contribution in [0.3, 0.4) is 0 Å². The lowest BCUT2D eigenvalue weighted by Crippen LogP contribution is -2.27. The second kappa shape index (κ2) is 7.21. The van der Waals surface area contributed by atoms with Crippen molar-refractivity contribution in [1.82, 2.24) is 5.32 Å². The third-order valence-electron chi connectivity index (χ3n) is 3.53. The molecule has 1 N–H and O–H groups in total. The van der Waals surface area contributed by atoms with Gasteiger partial charge in [0.25, 0.3) is 0 Å². The molecule has 23 heavy (non-hydrogen) atoms. The standard InChI is InChI=1S/C17H15Cl2NO3/c18-14-6-12(16-13(7-14)9-22-10-23-16)8-20-17(21)15(19)11-4-2-1-3-5-11/h1-7,15H,8-10H2,(H,20,21). The zero-order chi connectivity index (χ0) is 16.2. The molecule has 0 fully saturated rings. The number of hydrogen-bond acceptors (Lipinski definition) is 3. The highest BCUT2D eigenvalue weighted by Crippen LogP contribution is 2.31. The maximum atomic E-state index is 12.2. The number of hydrogen-bond donors (Lipinski definition) is 1. The normalized spacial score (nSPS) is 14.5. The molecule has 1 atom stereocenters. The number of carbonyl (C=O) groups excluding carboxylic acids is 1. The van der Waals surface area contributed by atoms with Crippen LogP contribution in [0.25, 0.3) is 0 Å². The van der Waals surface area contributed by atoms with Gasteiger partial charge in [-0.25, -0.2) is 0 Å². The van der Waals surface area contributed by atoms with Gasteiger partial charge in [0.15, 0.2) is 6.79 Å². The first-order chi connectivity index (χ1) is 11.1. The second-order valence-corrected chi connectivity index (χ2v) is 6.03. The van der Waals surface area contributed by atoms with Gasteiger partial charge in [-0.05, 0) is 17.7 Å². The van der Waals surface area contributed by atoms with E-state index >= 15 is 0 Å². The van der Waals surface area contributed by atoms with Gasteiger partial charge in [-0.3, -0.25) is 4.79 Å². The number of ether oxygens (including phenoxy) is 2. The molecule has 1 unspecified atom stereocenters. The molecule has 0 spiro atoms. The monoisotopic (exact) mass is 351 g/mol.